The third-order valence-corrected chi connectivity index (χ3v) is 6.82. The van der Waals surface area contributed by atoms with E-state index in [1.54, 1.807) is 0 Å². The first-order chi connectivity index (χ1) is 13.3. The van der Waals surface area contributed by atoms with Crippen molar-refractivity contribution in [2.75, 3.05) is 40.5 Å². The van der Waals surface area contributed by atoms with Gasteiger partial charge in [-0.25, -0.2) is 0 Å². The van der Waals surface area contributed by atoms with E-state index in [0.717, 1.165) is 23.9 Å². The molecule has 0 heterocycles. The largest absolute Gasteiger partial charge is 0.329 e. The maximum absolute atomic E-state index is 12.0. The molecule has 0 aliphatic rings. The molecule has 0 saturated carbocycles. The monoisotopic (exact) mass is 420 g/mol. The second-order valence-electron chi connectivity index (χ2n) is 9.51. The lowest BCUT2D eigenvalue weighted by Crippen LogP contribution is -2.37. The average molecular weight is 421 g/mol. The van der Waals surface area contributed by atoms with Crippen LogP contribution in [0.2, 0.25) is 0 Å². The van der Waals surface area contributed by atoms with E-state index in [9.17, 15) is 9.46 Å². The summed E-state index contributed by atoms with van der Waals surface area (Å²) in [5.74, 6) is 0. The number of likely N-dealkylation sites (N-methyl/N-ethyl adjacent to an activating group) is 1. The number of hydrogen-bond donors (Lipinski definition) is 1. The molecule has 0 aromatic carbocycles. The van der Waals surface area contributed by atoms with Crippen LogP contribution in [0.3, 0.4) is 0 Å². The summed E-state index contributed by atoms with van der Waals surface area (Å²) in [6.45, 7) is 3.39. The molecule has 0 aromatic rings. The smallest absolute Gasteiger partial charge is 0.328 e. The summed E-state index contributed by atoms with van der Waals surface area (Å²) in [7, 11) is 2.79. The van der Waals surface area contributed by atoms with Gasteiger partial charge in [-0.05, 0) is 6.42 Å². The highest BCUT2D eigenvalue weighted by molar-refractivity contribution is 7.52. The molecule has 1 atom stereocenters. The molecule has 0 aliphatic carbocycles. The van der Waals surface area contributed by atoms with Crippen LogP contribution in [0.25, 0.3) is 0 Å². The van der Waals surface area contributed by atoms with Crippen LogP contribution in [0.5, 0.6) is 0 Å². The predicted octanol–water partition coefficient (Wildman–Crippen LogP) is 7.16. The number of unbranched alkanes of at least 4 members (excludes halogenated alkanes) is 15. The molecule has 0 rings (SSSR count). The number of quaternary nitrogens is 1. The van der Waals surface area contributed by atoms with Gasteiger partial charge in [0.25, 0.3) is 0 Å². The molecule has 170 valence electrons. The highest BCUT2D eigenvalue weighted by atomic mass is 31.2. The maximum Gasteiger partial charge on any atom is 0.328 e. The lowest BCUT2D eigenvalue weighted by Gasteiger charge is -2.24. The molecule has 0 spiro atoms. The fraction of sp³-hybridized carbons (Fsp3) is 1.00. The summed E-state index contributed by atoms with van der Waals surface area (Å²) in [4.78, 5) is 9.85. The van der Waals surface area contributed by atoms with Crippen molar-refractivity contribution in [1.29, 1.82) is 0 Å². The first kappa shape index (κ1) is 28.1. The van der Waals surface area contributed by atoms with Crippen LogP contribution in [0.4, 0.5) is 0 Å². The topological polar surface area (TPSA) is 46.5 Å². The normalized spacial score (nSPS) is 14.3. The van der Waals surface area contributed by atoms with Crippen LogP contribution in [-0.4, -0.2) is 49.8 Å². The molecule has 0 fully saturated rings. The van der Waals surface area contributed by atoms with Gasteiger partial charge < -0.3 is 13.9 Å². The molecule has 5 heteroatoms. The van der Waals surface area contributed by atoms with Crippen molar-refractivity contribution >= 4 is 7.60 Å². The summed E-state index contributed by atoms with van der Waals surface area (Å²) in [5.41, 5.74) is 0. The Morgan fingerprint density at radius 2 is 1.04 bits per heavy atom. The number of rotatable bonds is 21. The van der Waals surface area contributed by atoms with Crippen LogP contribution in [0.15, 0.2) is 0 Å². The minimum Gasteiger partial charge on any atom is -0.329 e. The molecular weight excluding hydrogens is 369 g/mol. The van der Waals surface area contributed by atoms with Gasteiger partial charge in [-0.1, -0.05) is 103 Å². The van der Waals surface area contributed by atoms with Gasteiger partial charge in [-0.15, -0.1) is 0 Å². The molecule has 1 N–H and O–H groups in total. The highest BCUT2D eigenvalue weighted by Gasteiger charge is 2.20. The molecule has 28 heavy (non-hydrogen) atoms. The molecule has 0 bridgehead atoms. The van der Waals surface area contributed by atoms with E-state index in [1.165, 1.54) is 89.9 Å². The first-order valence-corrected chi connectivity index (χ1v) is 13.8. The van der Waals surface area contributed by atoms with Crippen molar-refractivity contribution in [3.05, 3.63) is 0 Å². The molecule has 4 nitrogen and oxygen atoms in total. The van der Waals surface area contributed by atoms with E-state index in [2.05, 4.69) is 28.1 Å². The summed E-state index contributed by atoms with van der Waals surface area (Å²) in [6.07, 6.45) is 21.3. The van der Waals surface area contributed by atoms with Gasteiger partial charge in [-0.2, -0.15) is 0 Å². The Bertz CT molecular complexity index is 383. The van der Waals surface area contributed by atoms with Crippen LogP contribution in [-0.2, 0) is 9.09 Å². The van der Waals surface area contributed by atoms with Gasteiger partial charge in [0, 0.05) is 6.16 Å². The first-order valence-electron chi connectivity index (χ1n) is 12.0. The zero-order valence-corrected chi connectivity index (χ0v) is 20.5. The minimum absolute atomic E-state index is 0.308. The third-order valence-electron chi connectivity index (χ3n) is 5.35. The van der Waals surface area contributed by atoms with Crippen molar-refractivity contribution in [3.63, 3.8) is 0 Å². The summed E-state index contributed by atoms with van der Waals surface area (Å²) in [6, 6.07) is 0. The van der Waals surface area contributed by atoms with Gasteiger partial charge in [0.1, 0.15) is 13.2 Å². The van der Waals surface area contributed by atoms with Gasteiger partial charge >= 0.3 is 7.60 Å². The zero-order valence-electron chi connectivity index (χ0n) is 19.6. The van der Waals surface area contributed by atoms with Crippen molar-refractivity contribution < 1.29 is 18.5 Å². The molecule has 0 aliphatic heterocycles. The summed E-state index contributed by atoms with van der Waals surface area (Å²) >= 11 is 0. The van der Waals surface area contributed by atoms with E-state index in [-0.39, 0.29) is 0 Å². The fourth-order valence-corrected chi connectivity index (χ4v) is 4.50. The van der Waals surface area contributed by atoms with Gasteiger partial charge in [0.15, 0.2) is 0 Å². The van der Waals surface area contributed by atoms with Gasteiger partial charge in [0.2, 0.25) is 0 Å². The molecule has 1 unspecified atom stereocenters. The second-order valence-corrected chi connectivity index (χ2v) is 11.5. The predicted molar refractivity (Wildman–Crippen MR) is 123 cm³/mol. The quantitative estimate of drug-likeness (QED) is 0.122. The summed E-state index contributed by atoms with van der Waals surface area (Å²) < 4.78 is 17.9. The SMILES string of the molecule is CCCCCCCCCCCCCCCCCCP(=O)(O)OCC[N+](C)(C)C. The lowest BCUT2D eigenvalue weighted by atomic mass is 10.0. The molecule has 0 amide bonds. The molecule has 0 saturated heterocycles. The van der Waals surface area contributed by atoms with Crippen molar-refractivity contribution in [3.8, 4) is 0 Å². The molecular formula is C23H51NO3P+. The zero-order chi connectivity index (χ0) is 21.1. The third kappa shape index (κ3) is 22.4. The Balaban J connectivity index is 3.29. The highest BCUT2D eigenvalue weighted by Crippen LogP contribution is 2.42. The van der Waals surface area contributed by atoms with Crippen molar-refractivity contribution in [2.45, 2.75) is 110 Å². The van der Waals surface area contributed by atoms with Crippen molar-refractivity contribution in [1.82, 2.24) is 0 Å². The standard InChI is InChI=1S/C23H50NO3P/c1-5-6-7-8-9-10-11-12-13-14-15-16-17-18-19-20-23-28(25,26)27-22-21-24(2,3)4/h5-23H2,1-4H3/p+1. The second kappa shape index (κ2) is 17.9. The molecule has 0 aromatic heterocycles. The fourth-order valence-electron chi connectivity index (χ4n) is 3.38. The summed E-state index contributed by atoms with van der Waals surface area (Å²) in [5, 5.41) is 0. The number of nitrogens with zero attached hydrogens (tertiary/aromatic N) is 1. The van der Waals surface area contributed by atoms with E-state index in [1.807, 2.05) is 0 Å². The van der Waals surface area contributed by atoms with E-state index in [0.29, 0.717) is 12.8 Å². The van der Waals surface area contributed by atoms with Crippen LogP contribution in [0, 0.1) is 0 Å². The van der Waals surface area contributed by atoms with Crippen LogP contribution >= 0.6 is 7.60 Å². The van der Waals surface area contributed by atoms with Crippen molar-refractivity contribution in [2.24, 2.45) is 0 Å². The van der Waals surface area contributed by atoms with Gasteiger partial charge in [-0.3, -0.25) is 4.57 Å². The van der Waals surface area contributed by atoms with Crippen LogP contribution < -0.4 is 0 Å². The van der Waals surface area contributed by atoms with Crippen LogP contribution in [0.1, 0.15) is 110 Å². The van der Waals surface area contributed by atoms with E-state index >= 15 is 0 Å². The Labute approximate surface area is 176 Å². The lowest BCUT2D eigenvalue weighted by molar-refractivity contribution is -0.870. The Kier molecular flexibility index (Phi) is 18.0. The van der Waals surface area contributed by atoms with E-state index in [4.69, 9.17) is 4.52 Å². The Hall–Kier alpha value is 0.110. The Morgan fingerprint density at radius 3 is 1.39 bits per heavy atom. The average Bonchev–Trinajstić information content (AvgIpc) is 2.60. The Morgan fingerprint density at radius 1 is 0.679 bits per heavy atom. The maximum atomic E-state index is 12.0. The molecule has 0 radical (unpaired) electrons. The minimum atomic E-state index is -3.38. The van der Waals surface area contributed by atoms with Gasteiger partial charge in [0.05, 0.1) is 21.1 Å². The number of hydrogen-bond acceptors (Lipinski definition) is 2. The van der Waals surface area contributed by atoms with E-state index < -0.39 is 7.60 Å².